The van der Waals surface area contributed by atoms with Crippen molar-refractivity contribution in [2.24, 2.45) is 0 Å². The van der Waals surface area contributed by atoms with Crippen molar-refractivity contribution in [3.05, 3.63) is 0 Å². The summed E-state index contributed by atoms with van der Waals surface area (Å²) in [4.78, 5) is 18.6. The molecule has 0 radical (unpaired) electrons. The Morgan fingerprint density at radius 2 is 1.67 bits per heavy atom. The summed E-state index contributed by atoms with van der Waals surface area (Å²) in [6, 6.07) is 0. The molecule has 4 heteroatoms. The zero-order valence-electron chi connectivity index (χ0n) is 5.27. The molecule has 9 heavy (non-hydrogen) atoms. The van der Waals surface area contributed by atoms with Crippen LogP contribution in [-0.2, 0) is 25.3 Å². The Kier molecular flexibility index (Phi) is 9.72. The van der Waals surface area contributed by atoms with Crippen LogP contribution >= 0.6 is 0 Å². The van der Waals surface area contributed by atoms with Crippen LogP contribution < -0.4 is 5.11 Å². The zero-order valence-corrected chi connectivity index (χ0v) is 6.31. The van der Waals surface area contributed by atoms with Crippen LogP contribution in [0.5, 0.6) is 0 Å². The number of carboxylic acids is 1. The number of hydrogen-bond donors (Lipinski definition) is 0. The van der Waals surface area contributed by atoms with Gasteiger partial charge in [0.1, 0.15) is 0 Å². The van der Waals surface area contributed by atoms with E-state index in [4.69, 9.17) is 9.90 Å². The number of carboxylic acid groups (broad SMARTS) is 1. The van der Waals surface area contributed by atoms with Crippen molar-refractivity contribution in [2.45, 2.75) is 20.3 Å². The summed E-state index contributed by atoms with van der Waals surface area (Å²) in [6.07, 6.45) is 0.528. The van der Waals surface area contributed by atoms with Crippen molar-refractivity contribution >= 4 is 10.7 Å². The molecule has 0 amide bonds. The van der Waals surface area contributed by atoms with Crippen molar-refractivity contribution in [1.82, 2.24) is 0 Å². The number of carbonyl (C=O) groups is 2. The average Bonchev–Trinajstić information content (AvgIpc) is 1.65. The molecule has 0 bridgehead atoms. The maximum atomic E-state index is 9.67. The van der Waals surface area contributed by atoms with Crippen molar-refractivity contribution < 1.29 is 30.4 Å². The minimum atomic E-state index is -1.08. The molecule has 0 aromatic rings. The topological polar surface area (TPSA) is 57.2 Å². The molecule has 55 valence electrons. The molecule has 0 aromatic carbocycles. The molecule has 0 rings (SSSR count). The molecule has 3 nitrogen and oxygen atoms in total. The van der Waals surface area contributed by atoms with Crippen LogP contribution in [-0.4, -0.2) is 10.7 Å². The van der Waals surface area contributed by atoms with Crippen LogP contribution in [0, 0.1) is 0 Å². The first-order valence-corrected chi connectivity index (χ1v) is 2.86. The van der Waals surface area contributed by atoms with Gasteiger partial charge >= 0.3 is 38.6 Å². The molecular weight excluding hydrogens is 167 g/mol. The Morgan fingerprint density at radius 3 is 1.67 bits per heavy atom. The summed E-state index contributed by atoms with van der Waals surface area (Å²) in [7, 11) is 0. The van der Waals surface area contributed by atoms with Crippen LogP contribution in [0.1, 0.15) is 20.3 Å². The molecule has 0 fully saturated rings. The Balaban J connectivity index is 0. The second kappa shape index (κ2) is 7.65. The average molecular weight is 175 g/mol. The zero-order chi connectivity index (χ0) is 7.86. The third-order valence-corrected chi connectivity index (χ3v) is 0.630. The SMILES string of the molecule is CC(=O)[O-].CC[C](=O)[Co+]. The summed E-state index contributed by atoms with van der Waals surface area (Å²) in [6.45, 7) is 2.74. The van der Waals surface area contributed by atoms with Crippen LogP contribution in [0.2, 0.25) is 0 Å². The number of carbonyl (C=O) groups excluding carboxylic acids is 2. The second-order valence-corrected chi connectivity index (χ2v) is 1.76. The molecule has 0 N–H and O–H groups in total. The summed E-state index contributed by atoms with van der Waals surface area (Å²) >= 11 is 3.50. The van der Waals surface area contributed by atoms with Gasteiger partial charge in [-0.25, -0.2) is 0 Å². The van der Waals surface area contributed by atoms with Gasteiger partial charge in [0.05, 0.1) is 0 Å². The molecule has 0 saturated carbocycles. The molecular formula is C5H8CoO3. The van der Waals surface area contributed by atoms with Gasteiger partial charge < -0.3 is 9.90 Å². The molecule has 0 unspecified atom stereocenters. The molecule has 0 aliphatic heterocycles. The van der Waals surface area contributed by atoms with E-state index >= 15 is 0 Å². The molecule has 0 atom stereocenters. The number of rotatable bonds is 1. The quantitative estimate of drug-likeness (QED) is 0.525. The Hall–Kier alpha value is -0.354. The van der Waals surface area contributed by atoms with Crippen molar-refractivity contribution in [3.63, 3.8) is 0 Å². The predicted octanol–water partition coefficient (Wildman–Crippen LogP) is -0.774. The number of hydrogen-bond acceptors (Lipinski definition) is 3. The van der Waals surface area contributed by atoms with Crippen LogP contribution in [0.4, 0.5) is 0 Å². The first kappa shape index (κ1) is 11.4. The van der Waals surface area contributed by atoms with E-state index in [1.807, 2.05) is 0 Å². The molecule has 0 aromatic heterocycles. The van der Waals surface area contributed by atoms with Gasteiger partial charge in [0, 0.05) is 5.97 Å². The van der Waals surface area contributed by atoms with Gasteiger partial charge in [0.15, 0.2) is 0 Å². The summed E-state index contributed by atoms with van der Waals surface area (Å²) in [5, 5.41) is 8.89. The Labute approximate surface area is 62.0 Å². The minimum absolute atomic E-state index is 0.0579. The third-order valence-electron chi connectivity index (χ3n) is 0.262. The van der Waals surface area contributed by atoms with Crippen molar-refractivity contribution in [1.29, 1.82) is 0 Å². The van der Waals surface area contributed by atoms with E-state index in [0.717, 1.165) is 6.92 Å². The van der Waals surface area contributed by atoms with Gasteiger partial charge in [0.25, 0.3) is 0 Å². The van der Waals surface area contributed by atoms with Gasteiger partial charge in [-0.15, -0.1) is 0 Å². The first-order chi connectivity index (χ1) is 4.00. The molecule has 0 spiro atoms. The maximum absolute atomic E-state index is 9.67. The fourth-order valence-corrected chi connectivity index (χ4v) is 0. The number of aliphatic carboxylic acids is 1. The van der Waals surface area contributed by atoms with Gasteiger partial charge in [-0.2, -0.15) is 0 Å². The van der Waals surface area contributed by atoms with E-state index in [0.29, 0.717) is 6.42 Å². The Bertz CT molecular complexity index is 96.4. The fourth-order valence-electron chi connectivity index (χ4n) is 0. The van der Waals surface area contributed by atoms with Crippen molar-refractivity contribution in [2.75, 3.05) is 0 Å². The van der Waals surface area contributed by atoms with Gasteiger partial charge in [-0.05, 0) is 6.92 Å². The standard InChI is InChI=1S/C3H5O.C2H4O2.Co/c1-2-3-4;1-2(3)4;/h2H2,1H3;1H3,(H,3,4);/q;;+1/p-1. The van der Waals surface area contributed by atoms with Crippen LogP contribution in [0.25, 0.3) is 0 Å². The van der Waals surface area contributed by atoms with E-state index in [2.05, 4.69) is 15.7 Å². The second-order valence-electron chi connectivity index (χ2n) is 1.18. The molecule has 0 aliphatic rings. The summed E-state index contributed by atoms with van der Waals surface area (Å²) in [5.41, 5.74) is 0. The Morgan fingerprint density at radius 1 is 1.56 bits per heavy atom. The van der Waals surface area contributed by atoms with E-state index in [1.54, 1.807) is 6.92 Å². The van der Waals surface area contributed by atoms with E-state index in [-0.39, 0.29) is 4.72 Å². The fraction of sp³-hybridized carbons (Fsp3) is 0.600. The van der Waals surface area contributed by atoms with Gasteiger partial charge in [-0.3, -0.25) is 0 Å². The van der Waals surface area contributed by atoms with E-state index in [9.17, 15) is 4.79 Å². The van der Waals surface area contributed by atoms with Crippen LogP contribution in [0.3, 0.4) is 0 Å². The van der Waals surface area contributed by atoms with Crippen LogP contribution in [0.15, 0.2) is 0 Å². The summed E-state index contributed by atoms with van der Waals surface area (Å²) in [5.74, 6) is -1.08. The van der Waals surface area contributed by atoms with Gasteiger partial charge in [-0.1, -0.05) is 0 Å². The monoisotopic (exact) mass is 175 g/mol. The summed E-state index contributed by atoms with van der Waals surface area (Å²) < 4.78 is -0.0579. The predicted molar refractivity (Wildman–Crippen MR) is 26.0 cm³/mol. The molecule has 0 aliphatic carbocycles. The van der Waals surface area contributed by atoms with Crippen molar-refractivity contribution in [3.8, 4) is 0 Å². The van der Waals surface area contributed by atoms with E-state index < -0.39 is 5.97 Å². The van der Waals surface area contributed by atoms with Gasteiger partial charge in [0.2, 0.25) is 0 Å². The molecule has 0 heterocycles. The molecule has 0 saturated heterocycles. The normalized spacial score (nSPS) is 7.00. The first-order valence-electron chi connectivity index (χ1n) is 2.34. The third kappa shape index (κ3) is 89.9. The van der Waals surface area contributed by atoms with E-state index in [1.165, 1.54) is 0 Å².